The Balaban J connectivity index is 1.44. The Kier molecular flexibility index (Phi) is 7.15. The molecule has 0 bridgehead atoms. The molecule has 0 spiro atoms. The zero-order valence-corrected chi connectivity index (χ0v) is 23.5. The normalized spacial score (nSPS) is 21.2. The van der Waals surface area contributed by atoms with Gasteiger partial charge < -0.3 is 10.2 Å². The number of nitrogens with one attached hydrogen (secondary N) is 1. The smallest absolute Gasteiger partial charge is 0.221 e. The number of nitrogens with zero attached hydrogens (tertiary/aromatic N) is 4. The van der Waals surface area contributed by atoms with Gasteiger partial charge in [0.1, 0.15) is 12.1 Å². The van der Waals surface area contributed by atoms with E-state index in [1.54, 1.807) is 17.7 Å². The van der Waals surface area contributed by atoms with E-state index in [0.717, 1.165) is 0 Å². The van der Waals surface area contributed by atoms with E-state index in [4.69, 9.17) is 21.6 Å². The highest BCUT2D eigenvalue weighted by Gasteiger charge is 2.28. The average molecular weight is 536 g/mol. The Labute approximate surface area is 226 Å². The van der Waals surface area contributed by atoms with Crippen LogP contribution in [0.5, 0.6) is 0 Å². The van der Waals surface area contributed by atoms with Crippen molar-refractivity contribution in [1.82, 2.24) is 10.2 Å². The fourth-order valence-electron chi connectivity index (χ4n) is 4.90. The van der Waals surface area contributed by atoms with Crippen molar-refractivity contribution in [2.24, 2.45) is 15.0 Å². The van der Waals surface area contributed by atoms with Crippen molar-refractivity contribution in [3.63, 3.8) is 0 Å². The molecule has 2 aliphatic rings. The number of thiophene rings is 2. The maximum absolute atomic E-state index is 6.65. The number of aliphatic imine (C=N–C) groups is 3. The Morgan fingerprint density at radius 3 is 2.39 bits per heavy atom. The van der Waals surface area contributed by atoms with Gasteiger partial charge in [0.15, 0.2) is 0 Å². The third-order valence-electron chi connectivity index (χ3n) is 6.57. The third-order valence-corrected chi connectivity index (χ3v) is 8.88. The summed E-state index contributed by atoms with van der Waals surface area (Å²) in [5, 5.41) is 2.96. The van der Waals surface area contributed by atoms with Crippen molar-refractivity contribution in [3.8, 4) is 0 Å². The summed E-state index contributed by atoms with van der Waals surface area (Å²) in [6.45, 7) is 9.27. The first-order valence-corrected chi connectivity index (χ1v) is 14.1. The number of halogens is 1. The summed E-state index contributed by atoms with van der Waals surface area (Å²) >= 11 is 10.3. The maximum atomic E-state index is 6.65. The minimum Gasteiger partial charge on any atom is -0.353 e. The molecule has 0 radical (unpaired) electrons. The number of hydrogen-bond donors (Lipinski definition) is 1. The summed E-state index contributed by atoms with van der Waals surface area (Å²) < 4.78 is 0. The largest absolute Gasteiger partial charge is 0.353 e. The maximum Gasteiger partial charge on any atom is 0.221 e. The van der Waals surface area contributed by atoms with Crippen LogP contribution in [0.3, 0.4) is 0 Å². The van der Waals surface area contributed by atoms with Crippen LogP contribution in [0, 0.1) is 27.7 Å². The lowest BCUT2D eigenvalue weighted by atomic mass is 9.90. The highest BCUT2D eigenvalue weighted by atomic mass is 35.5. The first-order chi connectivity index (χ1) is 17.3. The summed E-state index contributed by atoms with van der Waals surface area (Å²) in [5.41, 5.74) is 6.00. The van der Waals surface area contributed by atoms with E-state index in [1.165, 1.54) is 47.3 Å². The second-order valence-electron chi connectivity index (χ2n) is 9.29. The minimum atomic E-state index is -0.253. The first kappa shape index (κ1) is 24.9. The molecule has 3 aromatic rings. The van der Waals surface area contributed by atoms with E-state index < -0.39 is 0 Å². The van der Waals surface area contributed by atoms with Gasteiger partial charge in [-0.1, -0.05) is 24.3 Å². The molecule has 0 aliphatic carbocycles. The van der Waals surface area contributed by atoms with Crippen molar-refractivity contribution >= 4 is 58.4 Å². The van der Waals surface area contributed by atoms with Gasteiger partial charge in [-0.15, -0.1) is 34.3 Å². The summed E-state index contributed by atoms with van der Waals surface area (Å²) in [5.74, 6) is 0.699. The zero-order valence-electron chi connectivity index (χ0n) is 21.1. The SMILES string of the molecule is Cc1cc(C2N=CNC=C2c2ccccc2CN(C)C2=NC(c3cc(C)sc3C)C(Cl)C=N2)c(C)s1. The molecule has 186 valence electrons. The van der Waals surface area contributed by atoms with Crippen molar-refractivity contribution in [2.45, 2.75) is 51.7 Å². The van der Waals surface area contributed by atoms with Gasteiger partial charge in [-0.25, -0.2) is 9.98 Å². The lowest BCUT2D eigenvalue weighted by molar-refractivity contribution is 0.485. The van der Waals surface area contributed by atoms with Crippen LogP contribution in [0.2, 0.25) is 0 Å². The molecule has 0 saturated carbocycles. The molecule has 2 aromatic heterocycles. The van der Waals surface area contributed by atoms with E-state index >= 15 is 0 Å². The zero-order chi connectivity index (χ0) is 25.4. The first-order valence-electron chi connectivity index (χ1n) is 12.0. The Morgan fingerprint density at radius 2 is 1.69 bits per heavy atom. The molecule has 0 saturated heterocycles. The summed E-state index contributed by atoms with van der Waals surface area (Å²) in [6, 6.07) is 12.8. The minimum absolute atomic E-state index is 0.0288. The molecule has 5 nitrogen and oxygen atoms in total. The summed E-state index contributed by atoms with van der Waals surface area (Å²) in [6.07, 6.45) is 5.69. The van der Waals surface area contributed by atoms with Crippen molar-refractivity contribution in [2.75, 3.05) is 7.05 Å². The molecule has 5 rings (SSSR count). The number of rotatable bonds is 5. The van der Waals surface area contributed by atoms with Gasteiger partial charge in [0.2, 0.25) is 5.96 Å². The molecule has 4 heterocycles. The molecule has 36 heavy (non-hydrogen) atoms. The van der Waals surface area contributed by atoms with Crippen molar-refractivity contribution in [3.05, 3.63) is 84.4 Å². The van der Waals surface area contributed by atoms with Gasteiger partial charge in [-0.05, 0) is 62.1 Å². The van der Waals surface area contributed by atoms with Crippen LogP contribution in [0.25, 0.3) is 5.57 Å². The van der Waals surface area contributed by atoms with E-state index in [-0.39, 0.29) is 17.5 Å². The van der Waals surface area contributed by atoms with E-state index in [2.05, 4.69) is 85.5 Å². The van der Waals surface area contributed by atoms with Crippen LogP contribution >= 0.6 is 34.3 Å². The van der Waals surface area contributed by atoms with Crippen LogP contribution in [0.15, 0.2) is 57.6 Å². The van der Waals surface area contributed by atoms with Gasteiger partial charge in [0.05, 0.1) is 11.7 Å². The van der Waals surface area contributed by atoms with Crippen LogP contribution in [0.1, 0.15) is 53.8 Å². The van der Waals surface area contributed by atoms with E-state index in [0.29, 0.717) is 12.5 Å². The highest BCUT2D eigenvalue weighted by Crippen LogP contribution is 2.40. The predicted molar refractivity (Wildman–Crippen MR) is 156 cm³/mol. The van der Waals surface area contributed by atoms with Gasteiger partial charge in [0, 0.05) is 51.1 Å². The third kappa shape index (κ3) is 4.92. The van der Waals surface area contributed by atoms with Gasteiger partial charge >= 0.3 is 0 Å². The fourth-order valence-corrected chi connectivity index (χ4v) is 7.07. The second-order valence-corrected chi connectivity index (χ2v) is 12.7. The Hall–Kier alpha value is -2.74. The molecule has 2 aliphatic heterocycles. The standard InChI is InChI=1S/C28H30ClN5S2/c1-16-10-22(18(3)35-16)26-24(12-30-15-32-26)21-9-7-6-8-20(21)14-34(5)28-31-13-25(29)27(33-28)23-11-17(2)36-19(23)4/h6-13,15,25-27H,14H2,1-5H3,(H,30,32). The van der Waals surface area contributed by atoms with Crippen LogP contribution in [-0.4, -0.2) is 35.8 Å². The summed E-state index contributed by atoms with van der Waals surface area (Å²) in [4.78, 5) is 21.7. The molecule has 3 unspecified atom stereocenters. The van der Waals surface area contributed by atoms with Gasteiger partial charge in [-0.2, -0.15) is 0 Å². The molecule has 3 atom stereocenters. The second kappa shape index (κ2) is 10.3. The quantitative estimate of drug-likeness (QED) is 0.358. The van der Waals surface area contributed by atoms with Crippen molar-refractivity contribution < 1.29 is 0 Å². The molecular formula is C28H30ClN5S2. The number of benzene rings is 1. The van der Waals surface area contributed by atoms with Gasteiger partial charge in [-0.3, -0.25) is 4.99 Å². The van der Waals surface area contributed by atoms with Crippen LogP contribution in [-0.2, 0) is 6.54 Å². The highest BCUT2D eigenvalue weighted by molar-refractivity contribution is 7.12. The predicted octanol–water partition coefficient (Wildman–Crippen LogP) is 6.98. The number of hydrogen-bond acceptors (Lipinski definition) is 7. The molecule has 0 amide bonds. The monoisotopic (exact) mass is 535 g/mol. The topological polar surface area (TPSA) is 52.4 Å². The van der Waals surface area contributed by atoms with Crippen molar-refractivity contribution in [1.29, 1.82) is 0 Å². The Morgan fingerprint density at radius 1 is 1.00 bits per heavy atom. The van der Waals surface area contributed by atoms with Crippen LogP contribution in [0.4, 0.5) is 0 Å². The number of alkyl halides is 1. The van der Waals surface area contributed by atoms with Gasteiger partial charge in [0.25, 0.3) is 0 Å². The Bertz CT molecular complexity index is 1400. The molecule has 1 N–H and O–H groups in total. The van der Waals surface area contributed by atoms with E-state index in [1.807, 2.05) is 24.6 Å². The van der Waals surface area contributed by atoms with E-state index in [9.17, 15) is 0 Å². The fraction of sp³-hybridized carbons (Fsp3) is 0.321. The summed E-state index contributed by atoms with van der Waals surface area (Å²) in [7, 11) is 2.04. The number of guanidine groups is 1. The van der Waals surface area contributed by atoms with Crippen LogP contribution < -0.4 is 5.32 Å². The molecule has 1 aromatic carbocycles. The average Bonchev–Trinajstić information content (AvgIpc) is 3.38. The molecule has 8 heteroatoms. The lowest BCUT2D eigenvalue weighted by Crippen LogP contribution is -2.31. The molecule has 0 fully saturated rings. The molecular weight excluding hydrogens is 506 g/mol. The number of aryl methyl sites for hydroxylation is 4. The lowest BCUT2D eigenvalue weighted by Gasteiger charge is -2.27.